The summed E-state index contributed by atoms with van der Waals surface area (Å²) in [5.74, 6) is 1.86. The van der Waals surface area contributed by atoms with E-state index in [0.717, 1.165) is 17.1 Å². The van der Waals surface area contributed by atoms with Crippen LogP contribution >= 0.6 is 12.6 Å². The smallest absolute Gasteiger partial charge is 0.00767 e. The van der Waals surface area contributed by atoms with E-state index in [1.165, 1.54) is 25.7 Å². The number of unbranched alkanes of at least 4 members (excludes halogenated alkanes) is 2. The lowest BCUT2D eigenvalue weighted by atomic mass is 10.1. The highest BCUT2D eigenvalue weighted by Gasteiger charge is 2.42. The van der Waals surface area contributed by atoms with Crippen LogP contribution in [-0.4, -0.2) is 5.25 Å². The van der Waals surface area contributed by atoms with Crippen LogP contribution in [0.2, 0.25) is 0 Å². The molecule has 0 aromatic carbocycles. The molecule has 0 N–H and O–H groups in total. The average Bonchev–Trinajstić information content (AvgIpc) is 2.46. The summed E-state index contributed by atoms with van der Waals surface area (Å²) < 4.78 is 0. The first-order valence-electron chi connectivity index (χ1n) is 4.45. The lowest BCUT2D eigenvalue weighted by Gasteiger charge is -1.94. The van der Waals surface area contributed by atoms with E-state index in [1.807, 2.05) is 0 Å². The molecule has 60 valence electrons. The van der Waals surface area contributed by atoms with Crippen molar-refractivity contribution in [1.29, 1.82) is 0 Å². The Morgan fingerprint density at radius 1 is 1.30 bits per heavy atom. The van der Waals surface area contributed by atoms with Gasteiger partial charge in [0.25, 0.3) is 0 Å². The quantitative estimate of drug-likeness (QED) is 0.471. The van der Waals surface area contributed by atoms with E-state index in [1.54, 1.807) is 0 Å². The Bertz CT molecular complexity index is 92.9. The fourth-order valence-corrected chi connectivity index (χ4v) is 2.13. The second-order valence-corrected chi connectivity index (χ2v) is 4.11. The zero-order chi connectivity index (χ0) is 7.56. The van der Waals surface area contributed by atoms with Gasteiger partial charge in [0, 0.05) is 5.25 Å². The van der Waals surface area contributed by atoms with Crippen LogP contribution in [0.1, 0.15) is 39.5 Å². The minimum Gasteiger partial charge on any atom is -0.175 e. The molecule has 0 saturated heterocycles. The molecule has 0 amide bonds. The fraction of sp³-hybridized carbons (Fsp3) is 1.00. The van der Waals surface area contributed by atoms with Crippen LogP contribution in [0.4, 0.5) is 0 Å². The molecule has 0 aromatic rings. The first-order chi connectivity index (χ1) is 4.77. The van der Waals surface area contributed by atoms with E-state index >= 15 is 0 Å². The van der Waals surface area contributed by atoms with Crippen LogP contribution in [0.5, 0.6) is 0 Å². The van der Waals surface area contributed by atoms with Crippen LogP contribution in [0, 0.1) is 11.8 Å². The number of hydrogen-bond acceptors (Lipinski definition) is 1. The summed E-state index contributed by atoms with van der Waals surface area (Å²) in [5, 5.41) is 0.733. The van der Waals surface area contributed by atoms with Gasteiger partial charge in [0.15, 0.2) is 0 Å². The maximum absolute atomic E-state index is 4.47. The minimum absolute atomic E-state index is 0.733. The molecule has 1 fully saturated rings. The van der Waals surface area contributed by atoms with Gasteiger partial charge in [0.2, 0.25) is 0 Å². The maximum Gasteiger partial charge on any atom is 0.00767 e. The summed E-state index contributed by atoms with van der Waals surface area (Å²) in [7, 11) is 0. The standard InChI is InChI=1S/C9H18S/c1-3-4-5-6-8-7(2)9(8)10/h7-10H,3-6H2,1-2H3. The second kappa shape index (κ2) is 3.66. The van der Waals surface area contributed by atoms with E-state index in [2.05, 4.69) is 26.5 Å². The number of thiol groups is 1. The highest BCUT2D eigenvalue weighted by Crippen LogP contribution is 2.46. The van der Waals surface area contributed by atoms with Gasteiger partial charge in [-0.15, -0.1) is 0 Å². The Morgan fingerprint density at radius 3 is 2.30 bits per heavy atom. The van der Waals surface area contributed by atoms with E-state index in [-0.39, 0.29) is 0 Å². The third kappa shape index (κ3) is 1.91. The van der Waals surface area contributed by atoms with Gasteiger partial charge >= 0.3 is 0 Å². The lowest BCUT2D eigenvalue weighted by molar-refractivity contribution is 0.595. The van der Waals surface area contributed by atoms with Crippen molar-refractivity contribution < 1.29 is 0 Å². The van der Waals surface area contributed by atoms with Crippen LogP contribution in [-0.2, 0) is 0 Å². The fourth-order valence-electron chi connectivity index (χ4n) is 1.59. The largest absolute Gasteiger partial charge is 0.175 e. The Balaban J connectivity index is 1.95. The van der Waals surface area contributed by atoms with Crippen LogP contribution in [0.3, 0.4) is 0 Å². The molecule has 1 aliphatic rings. The molecule has 1 rings (SSSR count). The molecule has 0 aliphatic heterocycles. The summed E-state index contributed by atoms with van der Waals surface area (Å²) in [5.41, 5.74) is 0. The molecule has 3 atom stereocenters. The predicted molar refractivity (Wildman–Crippen MR) is 49.6 cm³/mol. The van der Waals surface area contributed by atoms with Gasteiger partial charge in [-0.2, -0.15) is 12.6 Å². The Morgan fingerprint density at radius 2 is 1.90 bits per heavy atom. The van der Waals surface area contributed by atoms with Crippen molar-refractivity contribution in [3.05, 3.63) is 0 Å². The van der Waals surface area contributed by atoms with Crippen LogP contribution in [0.15, 0.2) is 0 Å². The molecule has 0 heterocycles. The van der Waals surface area contributed by atoms with Gasteiger partial charge in [-0.1, -0.05) is 33.1 Å². The predicted octanol–water partition coefficient (Wildman–Crippen LogP) is 3.13. The Kier molecular flexibility index (Phi) is 3.09. The zero-order valence-electron chi connectivity index (χ0n) is 7.01. The normalized spacial score (nSPS) is 38.1. The summed E-state index contributed by atoms with van der Waals surface area (Å²) in [6, 6.07) is 0. The van der Waals surface area contributed by atoms with Crippen molar-refractivity contribution in [3.63, 3.8) is 0 Å². The molecule has 0 aromatic heterocycles. The third-order valence-corrected chi connectivity index (χ3v) is 3.51. The number of rotatable bonds is 4. The Labute approximate surface area is 69.8 Å². The van der Waals surface area contributed by atoms with Gasteiger partial charge < -0.3 is 0 Å². The van der Waals surface area contributed by atoms with Crippen molar-refractivity contribution in [2.24, 2.45) is 11.8 Å². The zero-order valence-corrected chi connectivity index (χ0v) is 7.90. The summed E-state index contributed by atoms with van der Waals surface area (Å²) in [6.07, 6.45) is 5.59. The van der Waals surface area contributed by atoms with Crippen molar-refractivity contribution in [3.8, 4) is 0 Å². The van der Waals surface area contributed by atoms with Gasteiger partial charge in [0.1, 0.15) is 0 Å². The van der Waals surface area contributed by atoms with Gasteiger partial charge in [-0.3, -0.25) is 0 Å². The molecular weight excluding hydrogens is 140 g/mol. The van der Waals surface area contributed by atoms with E-state index in [4.69, 9.17) is 0 Å². The molecule has 0 bridgehead atoms. The average molecular weight is 158 g/mol. The summed E-state index contributed by atoms with van der Waals surface area (Å²) >= 11 is 4.47. The molecule has 1 aliphatic carbocycles. The highest BCUT2D eigenvalue weighted by atomic mass is 32.1. The highest BCUT2D eigenvalue weighted by molar-refractivity contribution is 7.81. The topological polar surface area (TPSA) is 0 Å². The molecular formula is C9H18S. The second-order valence-electron chi connectivity index (χ2n) is 3.51. The monoisotopic (exact) mass is 158 g/mol. The van der Waals surface area contributed by atoms with Gasteiger partial charge in [0.05, 0.1) is 0 Å². The van der Waals surface area contributed by atoms with Crippen molar-refractivity contribution in [2.75, 3.05) is 0 Å². The molecule has 10 heavy (non-hydrogen) atoms. The third-order valence-electron chi connectivity index (χ3n) is 2.65. The van der Waals surface area contributed by atoms with Crippen molar-refractivity contribution in [1.82, 2.24) is 0 Å². The lowest BCUT2D eigenvalue weighted by Crippen LogP contribution is -1.81. The molecule has 3 unspecified atom stereocenters. The SMILES string of the molecule is CCCCCC1C(C)C1S. The van der Waals surface area contributed by atoms with E-state index < -0.39 is 0 Å². The maximum atomic E-state index is 4.47. The molecule has 1 saturated carbocycles. The van der Waals surface area contributed by atoms with Gasteiger partial charge in [-0.05, 0) is 18.3 Å². The van der Waals surface area contributed by atoms with E-state index in [0.29, 0.717) is 0 Å². The molecule has 0 nitrogen and oxygen atoms in total. The summed E-state index contributed by atoms with van der Waals surface area (Å²) in [4.78, 5) is 0. The minimum atomic E-state index is 0.733. The molecule has 1 heteroatoms. The number of hydrogen-bond donors (Lipinski definition) is 1. The van der Waals surface area contributed by atoms with Crippen LogP contribution < -0.4 is 0 Å². The first kappa shape index (κ1) is 8.45. The molecule has 0 spiro atoms. The Hall–Kier alpha value is 0.350. The van der Waals surface area contributed by atoms with E-state index in [9.17, 15) is 0 Å². The summed E-state index contributed by atoms with van der Waals surface area (Å²) in [6.45, 7) is 4.57. The van der Waals surface area contributed by atoms with Gasteiger partial charge in [-0.25, -0.2) is 0 Å². The van der Waals surface area contributed by atoms with Crippen molar-refractivity contribution in [2.45, 2.75) is 44.8 Å². The van der Waals surface area contributed by atoms with Crippen LogP contribution in [0.25, 0.3) is 0 Å². The van der Waals surface area contributed by atoms with Crippen molar-refractivity contribution >= 4 is 12.6 Å². The first-order valence-corrected chi connectivity index (χ1v) is 4.97. The molecule has 0 radical (unpaired) electrons.